The van der Waals surface area contributed by atoms with Crippen molar-refractivity contribution in [1.29, 1.82) is 0 Å². The van der Waals surface area contributed by atoms with Gasteiger partial charge in [0.15, 0.2) is 5.78 Å². The lowest BCUT2D eigenvalue weighted by molar-refractivity contribution is -0.113. The fourth-order valence-electron chi connectivity index (χ4n) is 6.35. The molecule has 6 rings (SSSR count). The summed E-state index contributed by atoms with van der Waals surface area (Å²) in [6, 6.07) is 16.0. The first kappa shape index (κ1) is 27.3. The fraction of sp³-hybridized carbons (Fsp3) is 0.361. The summed E-state index contributed by atoms with van der Waals surface area (Å²) >= 11 is 0. The topological polar surface area (TPSA) is 51.5 Å². The van der Waals surface area contributed by atoms with Crippen molar-refractivity contribution in [3.05, 3.63) is 101 Å². The van der Waals surface area contributed by atoms with Crippen molar-refractivity contribution >= 4 is 23.1 Å². The number of allylic oxidation sites excluding steroid dienone is 3. The third kappa shape index (κ3) is 6.90. The first-order valence-corrected chi connectivity index (χ1v) is 15.1. The number of rotatable bonds is 9. The molecule has 3 aliphatic rings. The zero-order valence-corrected chi connectivity index (χ0v) is 23.5. The number of hydrogen-bond donors (Lipinski definition) is 0. The van der Waals surface area contributed by atoms with Crippen LogP contribution in [0.4, 0.5) is 4.39 Å². The number of hydrogen-bond acceptors (Lipinski definition) is 4. The molecule has 5 heteroatoms. The van der Waals surface area contributed by atoms with Gasteiger partial charge in [0.1, 0.15) is 11.6 Å². The number of Topliss-reactive ketones (excluding diaryl/α,β-unsaturated/α-hetero) is 1. The van der Waals surface area contributed by atoms with Crippen LogP contribution in [0.1, 0.15) is 73.6 Å². The smallest absolute Gasteiger partial charge is 0.219 e. The molecule has 1 atom stereocenters. The average Bonchev–Trinajstić information content (AvgIpc) is 3.43. The van der Waals surface area contributed by atoms with Gasteiger partial charge in [-0.15, -0.1) is 0 Å². The Morgan fingerprint density at radius 1 is 0.976 bits per heavy atom. The number of ketones is 1. The van der Waals surface area contributed by atoms with Gasteiger partial charge in [0.2, 0.25) is 5.88 Å². The van der Waals surface area contributed by atoms with Crippen LogP contribution in [0.15, 0.2) is 77.9 Å². The van der Waals surface area contributed by atoms with Crippen LogP contribution in [0.3, 0.4) is 0 Å². The van der Waals surface area contributed by atoms with Gasteiger partial charge >= 0.3 is 0 Å². The Balaban J connectivity index is 1.16. The fourth-order valence-corrected chi connectivity index (χ4v) is 6.35. The van der Waals surface area contributed by atoms with Gasteiger partial charge < -0.3 is 4.74 Å². The molecule has 41 heavy (non-hydrogen) atoms. The van der Waals surface area contributed by atoms with Crippen LogP contribution in [0.25, 0.3) is 11.1 Å². The van der Waals surface area contributed by atoms with E-state index < -0.39 is 0 Å². The molecule has 0 spiro atoms. The molecular weight excluding hydrogens is 511 g/mol. The van der Waals surface area contributed by atoms with Gasteiger partial charge in [-0.1, -0.05) is 56.0 Å². The number of aromatic nitrogens is 1. The third-order valence-electron chi connectivity index (χ3n) is 8.64. The molecular formula is C36H37FN2O2. The molecule has 4 nitrogen and oxygen atoms in total. The highest BCUT2D eigenvalue weighted by molar-refractivity contribution is 6.22. The maximum absolute atomic E-state index is 13.6. The maximum Gasteiger partial charge on any atom is 0.219 e. The number of ether oxygens (including phenoxy) is 1. The number of pyridine rings is 1. The molecule has 1 fully saturated rings. The largest absolute Gasteiger partial charge is 0.439 e. The molecule has 0 saturated heterocycles. The Morgan fingerprint density at radius 3 is 2.63 bits per heavy atom. The summed E-state index contributed by atoms with van der Waals surface area (Å²) in [5, 5.41) is 0. The molecule has 0 bridgehead atoms. The summed E-state index contributed by atoms with van der Waals surface area (Å²) in [6.07, 6.45) is 19.5. The number of aryl methyl sites for hydroxylation is 1. The number of nitrogens with zero attached hydrogens (tertiary/aromatic N) is 2. The highest BCUT2D eigenvalue weighted by Gasteiger charge is 2.21. The van der Waals surface area contributed by atoms with E-state index in [1.165, 1.54) is 61.8 Å². The van der Waals surface area contributed by atoms with Crippen molar-refractivity contribution < 1.29 is 13.9 Å². The summed E-state index contributed by atoms with van der Waals surface area (Å²) in [7, 11) is 0. The minimum atomic E-state index is -0.317. The van der Waals surface area contributed by atoms with Crippen LogP contribution < -0.4 is 4.74 Å². The van der Waals surface area contributed by atoms with E-state index in [-0.39, 0.29) is 18.0 Å². The first-order chi connectivity index (χ1) is 20.1. The second-order valence-corrected chi connectivity index (χ2v) is 11.6. The van der Waals surface area contributed by atoms with Crippen LogP contribution in [-0.4, -0.2) is 23.5 Å². The second kappa shape index (κ2) is 12.8. The van der Waals surface area contributed by atoms with Crippen LogP contribution in [0.5, 0.6) is 11.6 Å². The highest BCUT2D eigenvalue weighted by Crippen LogP contribution is 2.34. The Kier molecular flexibility index (Phi) is 8.50. The third-order valence-corrected chi connectivity index (χ3v) is 8.64. The van der Waals surface area contributed by atoms with E-state index >= 15 is 0 Å². The summed E-state index contributed by atoms with van der Waals surface area (Å²) in [5.74, 6) is 2.09. The molecule has 0 N–H and O–H groups in total. The van der Waals surface area contributed by atoms with Crippen molar-refractivity contribution in [3.8, 4) is 11.6 Å². The van der Waals surface area contributed by atoms with Crippen molar-refractivity contribution in [2.24, 2.45) is 16.8 Å². The number of dihydropyridines is 1. The number of carbonyl (C=O) groups excluding carboxylic acids is 1. The lowest BCUT2D eigenvalue weighted by Crippen LogP contribution is -2.11. The van der Waals surface area contributed by atoms with Crippen LogP contribution in [-0.2, 0) is 17.6 Å². The number of benzene rings is 2. The van der Waals surface area contributed by atoms with Crippen molar-refractivity contribution in [2.45, 2.75) is 64.2 Å². The van der Waals surface area contributed by atoms with E-state index in [1.54, 1.807) is 24.4 Å². The van der Waals surface area contributed by atoms with Crippen molar-refractivity contribution in [1.82, 2.24) is 4.98 Å². The number of carbonyl (C=O) groups is 1. The van der Waals surface area contributed by atoms with Crippen LogP contribution in [0, 0.1) is 17.7 Å². The van der Waals surface area contributed by atoms with Gasteiger partial charge in [-0.25, -0.2) is 9.37 Å². The summed E-state index contributed by atoms with van der Waals surface area (Å²) in [4.78, 5) is 22.7. The lowest BCUT2D eigenvalue weighted by atomic mass is 9.88. The van der Waals surface area contributed by atoms with Crippen LogP contribution in [0.2, 0.25) is 0 Å². The molecule has 1 saturated carbocycles. The standard InChI is InChI=1S/C36H37FN2O2/c37-31-14-16-32(17-15-31)41-36-18-11-27(23-39-36)20-35(40)33-8-4-3-7-28-12-13-29(21-34(28)33)30-19-26(22-38-24-30)10-9-25-5-1-2-6-25/h8,11-19,21,23-26H,1-7,9-10,20,22H2. The molecule has 1 aromatic heterocycles. The molecule has 3 aromatic rings. The van der Waals surface area contributed by atoms with Gasteiger partial charge in [0.25, 0.3) is 0 Å². The lowest BCUT2D eigenvalue weighted by Gasteiger charge is -2.19. The molecule has 1 unspecified atom stereocenters. The maximum atomic E-state index is 13.6. The summed E-state index contributed by atoms with van der Waals surface area (Å²) in [5.41, 5.74) is 6.23. The number of halogens is 1. The molecule has 210 valence electrons. The molecule has 0 radical (unpaired) electrons. The molecule has 1 aliphatic heterocycles. The minimum Gasteiger partial charge on any atom is -0.439 e. The Labute approximate surface area is 242 Å². The second-order valence-electron chi connectivity index (χ2n) is 11.6. The zero-order valence-electron chi connectivity index (χ0n) is 23.5. The van der Waals surface area contributed by atoms with Gasteiger partial charge in [0, 0.05) is 37.0 Å². The Bertz CT molecular complexity index is 1460. The normalized spacial score (nSPS) is 18.8. The molecule has 0 amide bonds. The SMILES string of the molecule is O=C(Cc1ccc(Oc2ccc(F)cc2)nc1)C1=CCCCc2ccc(C3=CC(CCC4CCCC4)CN=C3)cc21. The average molecular weight is 549 g/mol. The highest BCUT2D eigenvalue weighted by atomic mass is 19.1. The van der Waals surface area contributed by atoms with Crippen molar-refractivity contribution in [3.63, 3.8) is 0 Å². The van der Waals surface area contributed by atoms with E-state index in [4.69, 9.17) is 9.73 Å². The van der Waals surface area contributed by atoms with Gasteiger partial charge in [0.05, 0.1) is 0 Å². The zero-order chi connectivity index (χ0) is 28.0. The van der Waals surface area contributed by atoms with E-state index in [1.807, 2.05) is 12.3 Å². The molecule has 2 heterocycles. The minimum absolute atomic E-state index is 0.0973. The monoisotopic (exact) mass is 548 g/mol. The number of fused-ring (bicyclic) bond motifs is 1. The molecule has 2 aromatic carbocycles. The summed E-state index contributed by atoms with van der Waals surface area (Å²) in [6.45, 7) is 0.882. The quantitative estimate of drug-likeness (QED) is 0.269. The van der Waals surface area contributed by atoms with E-state index in [0.29, 0.717) is 17.5 Å². The first-order valence-electron chi connectivity index (χ1n) is 15.1. The van der Waals surface area contributed by atoms with Gasteiger partial charge in [-0.3, -0.25) is 9.79 Å². The molecule has 2 aliphatic carbocycles. The van der Waals surface area contributed by atoms with E-state index in [9.17, 15) is 9.18 Å². The van der Waals surface area contributed by atoms with Crippen molar-refractivity contribution in [2.75, 3.05) is 6.54 Å². The van der Waals surface area contributed by atoms with Gasteiger partial charge in [-0.2, -0.15) is 0 Å². The van der Waals surface area contributed by atoms with E-state index in [2.05, 4.69) is 35.3 Å². The predicted octanol–water partition coefficient (Wildman–Crippen LogP) is 8.60. The number of aliphatic imine (C=N–C) groups is 1. The Morgan fingerprint density at radius 2 is 1.83 bits per heavy atom. The Hall–Kier alpha value is -3.86. The van der Waals surface area contributed by atoms with Gasteiger partial charge in [-0.05, 0) is 102 Å². The predicted molar refractivity (Wildman–Crippen MR) is 163 cm³/mol. The van der Waals surface area contributed by atoms with Crippen LogP contribution >= 0.6 is 0 Å². The van der Waals surface area contributed by atoms with E-state index in [0.717, 1.165) is 54.0 Å². The summed E-state index contributed by atoms with van der Waals surface area (Å²) < 4.78 is 18.9.